The normalized spacial score (nSPS) is 11.9. The van der Waals surface area contributed by atoms with Crippen LogP contribution in [0.3, 0.4) is 0 Å². The van der Waals surface area contributed by atoms with Gasteiger partial charge in [0, 0.05) is 17.8 Å². The molecule has 0 aliphatic heterocycles. The summed E-state index contributed by atoms with van der Waals surface area (Å²) in [7, 11) is 0. The molecule has 0 unspecified atom stereocenters. The number of rotatable bonds is 5. The van der Waals surface area contributed by atoms with Crippen molar-refractivity contribution in [3.05, 3.63) is 29.3 Å². The summed E-state index contributed by atoms with van der Waals surface area (Å²) in [5.41, 5.74) is 3.70. The SMILES string of the molecule is Cc1ccc(C(C)C)cc1NC(C)(C)CCO. The Morgan fingerprint density at radius 2 is 1.94 bits per heavy atom. The van der Waals surface area contributed by atoms with Crippen LogP contribution in [0.1, 0.15) is 51.2 Å². The highest BCUT2D eigenvalue weighted by molar-refractivity contribution is 5.54. The van der Waals surface area contributed by atoms with Crippen molar-refractivity contribution in [1.29, 1.82) is 0 Å². The zero-order valence-corrected chi connectivity index (χ0v) is 11.7. The van der Waals surface area contributed by atoms with Gasteiger partial charge in [0.2, 0.25) is 0 Å². The van der Waals surface area contributed by atoms with Gasteiger partial charge < -0.3 is 10.4 Å². The highest BCUT2D eigenvalue weighted by atomic mass is 16.3. The van der Waals surface area contributed by atoms with E-state index in [-0.39, 0.29) is 12.1 Å². The first-order valence-corrected chi connectivity index (χ1v) is 6.35. The maximum atomic E-state index is 9.05. The molecule has 0 heterocycles. The van der Waals surface area contributed by atoms with Gasteiger partial charge in [0.05, 0.1) is 0 Å². The van der Waals surface area contributed by atoms with Gasteiger partial charge in [0.1, 0.15) is 0 Å². The molecule has 2 nitrogen and oxygen atoms in total. The predicted octanol–water partition coefficient (Wildman–Crippen LogP) is 3.69. The molecular formula is C15H25NO. The van der Waals surface area contributed by atoms with Crippen molar-refractivity contribution in [2.75, 3.05) is 11.9 Å². The third-order valence-corrected chi connectivity index (χ3v) is 3.14. The third kappa shape index (κ3) is 4.04. The van der Waals surface area contributed by atoms with E-state index >= 15 is 0 Å². The van der Waals surface area contributed by atoms with Gasteiger partial charge in [-0.25, -0.2) is 0 Å². The molecule has 0 atom stereocenters. The second-order valence-electron chi connectivity index (χ2n) is 5.71. The standard InChI is InChI=1S/C15H25NO/c1-11(2)13-7-6-12(3)14(10-13)16-15(4,5)8-9-17/h6-7,10-11,16-17H,8-9H2,1-5H3. The second-order valence-corrected chi connectivity index (χ2v) is 5.71. The van der Waals surface area contributed by atoms with Crippen molar-refractivity contribution in [3.8, 4) is 0 Å². The Morgan fingerprint density at radius 1 is 1.29 bits per heavy atom. The number of benzene rings is 1. The topological polar surface area (TPSA) is 32.3 Å². The minimum absolute atomic E-state index is 0.0743. The van der Waals surface area contributed by atoms with Crippen molar-refractivity contribution < 1.29 is 5.11 Å². The summed E-state index contributed by atoms with van der Waals surface area (Å²) >= 11 is 0. The molecule has 0 aromatic heterocycles. The number of nitrogens with one attached hydrogen (secondary N) is 1. The Labute approximate surface area is 105 Å². The predicted molar refractivity (Wildman–Crippen MR) is 74.7 cm³/mol. The Hall–Kier alpha value is -1.02. The molecule has 0 spiro atoms. The molecule has 0 aliphatic rings. The van der Waals surface area contributed by atoms with Crippen molar-refractivity contribution in [3.63, 3.8) is 0 Å². The Morgan fingerprint density at radius 3 is 2.47 bits per heavy atom. The molecule has 2 heteroatoms. The van der Waals surface area contributed by atoms with Gasteiger partial charge in [-0.3, -0.25) is 0 Å². The largest absolute Gasteiger partial charge is 0.396 e. The van der Waals surface area contributed by atoms with Crippen LogP contribution in [0, 0.1) is 6.92 Å². The molecule has 1 aromatic carbocycles. The van der Waals surface area contributed by atoms with E-state index in [0.717, 1.165) is 6.42 Å². The van der Waals surface area contributed by atoms with Crippen LogP contribution in [0.4, 0.5) is 5.69 Å². The lowest BCUT2D eigenvalue weighted by Gasteiger charge is -2.28. The van der Waals surface area contributed by atoms with Gasteiger partial charge in [0.15, 0.2) is 0 Å². The Kier molecular flexibility index (Phi) is 4.58. The van der Waals surface area contributed by atoms with E-state index in [1.165, 1.54) is 16.8 Å². The molecule has 96 valence electrons. The number of aliphatic hydroxyl groups is 1. The Bertz CT molecular complexity index is 369. The van der Waals surface area contributed by atoms with E-state index in [4.69, 9.17) is 5.11 Å². The molecule has 0 saturated carbocycles. The number of hydrogen-bond donors (Lipinski definition) is 2. The number of anilines is 1. The highest BCUT2D eigenvalue weighted by Crippen LogP contribution is 2.25. The van der Waals surface area contributed by atoms with Gasteiger partial charge >= 0.3 is 0 Å². The molecule has 2 N–H and O–H groups in total. The Balaban J connectivity index is 2.93. The minimum atomic E-state index is -0.0743. The van der Waals surface area contributed by atoms with Gasteiger partial charge in [-0.1, -0.05) is 26.0 Å². The van der Waals surface area contributed by atoms with Gasteiger partial charge in [-0.2, -0.15) is 0 Å². The van der Waals surface area contributed by atoms with Gasteiger partial charge in [-0.15, -0.1) is 0 Å². The summed E-state index contributed by atoms with van der Waals surface area (Å²) in [5, 5.41) is 12.6. The van der Waals surface area contributed by atoms with Crippen LogP contribution in [0.25, 0.3) is 0 Å². The van der Waals surface area contributed by atoms with Crippen LogP contribution in [-0.4, -0.2) is 17.3 Å². The lowest BCUT2D eigenvalue weighted by molar-refractivity contribution is 0.261. The summed E-state index contributed by atoms with van der Waals surface area (Å²) < 4.78 is 0. The van der Waals surface area contributed by atoms with Crippen LogP contribution in [-0.2, 0) is 0 Å². The fourth-order valence-corrected chi connectivity index (χ4v) is 1.84. The first-order chi connectivity index (χ1) is 7.85. The van der Waals surface area contributed by atoms with Crippen molar-refractivity contribution in [2.24, 2.45) is 0 Å². The molecule has 0 amide bonds. The lowest BCUT2D eigenvalue weighted by Crippen LogP contribution is -2.32. The second kappa shape index (κ2) is 5.54. The molecule has 1 rings (SSSR count). The van der Waals surface area contributed by atoms with E-state index in [1.54, 1.807) is 0 Å². The van der Waals surface area contributed by atoms with Crippen molar-refractivity contribution >= 4 is 5.69 Å². The summed E-state index contributed by atoms with van der Waals surface area (Å²) in [6.07, 6.45) is 0.748. The van der Waals surface area contributed by atoms with E-state index in [0.29, 0.717) is 5.92 Å². The van der Waals surface area contributed by atoms with Crippen LogP contribution >= 0.6 is 0 Å². The summed E-state index contributed by atoms with van der Waals surface area (Å²) in [6.45, 7) is 11.0. The van der Waals surface area contributed by atoms with Crippen LogP contribution < -0.4 is 5.32 Å². The summed E-state index contributed by atoms with van der Waals surface area (Å²) in [5.74, 6) is 0.539. The van der Waals surface area contributed by atoms with Crippen LogP contribution in [0.5, 0.6) is 0 Å². The average molecular weight is 235 g/mol. The van der Waals surface area contributed by atoms with Crippen molar-refractivity contribution in [1.82, 2.24) is 0 Å². The van der Waals surface area contributed by atoms with E-state index in [2.05, 4.69) is 58.1 Å². The fourth-order valence-electron chi connectivity index (χ4n) is 1.84. The quantitative estimate of drug-likeness (QED) is 0.815. The minimum Gasteiger partial charge on any atom is -0.396 e. The maximum absolute atomic E-state index is 9.05. The van der Waals surface area contributed by atoms with E-state index < -0.39 is 0 Å². The van der Waals surface area contributed by atoms with Crippen molar-refractivity contribution in [2.45, 2.75) is 52.5 Å². The molecule has 17 heavy (non-hydrogen) atoms. The average Bonchev–Trinajstić information content (AvgIpc) is 2.20. The number of aryl methyl sites for hydroxylation is 1. The summed E-state index contributed by atoms with van der Waals surface area (Å²) in [6, 6.07) is 6.57. The van der Waals surface area contributed by atoms with Crippen LogP contribution in [0.2, 0.25) is 0 Å². The van der Waals surface area contributed by atoms with E-state index in [1.807, 2.05) is 0 Å². The fraction of sp³-hybridized carbons (Fsp3) is 0.600. The first kappa shape index (κ1) is 14.0. The molecule has 0 saturated heterocycles. The van der Waals surface area contributed by atoms with E-state index in [9.17, 15) is 0 Å². The molecule has 0 radical (unpaired) electrons. The molecule has 0 bridgehead atoms. The van der Waals surface area contributed by atoms with Gasteiger partial charge in [-0.05, 0) is 50.3 Å². The number of hydrogen-bond acceptors (Lipinski definition) is 2. The third-order valence-electron chi connectivity index (χ3n) is 3.14. The molecule has 0 fully saturated rings. The smallest absolute Gasteiger partial charge is 0.0453 e. The van der Waals surface area contributed by atoms with Gasteiger partial charge in [0.25, 0.3) is 0 Å². The molecular weight excluding hydrogens is 210 g/mol. The summed E-state index contributed by atoms with van der Waals surface area (Å²) in [4.78, 5) is 0. The maximum Gasteiger partial charge on any atom is 0.0453 e. The molecule has 1 aromatic rings. The zero-order chi connectivity index (χ0) is 13.1. The van der Waals surface area contributed by atoms with Crippen LogP contribution in [0.15, 0.2) is 18.2 Å². The highest BCUT2D eigenvalue weighted by Gasteiger charge is 2.17. The molecule has 0 aliphatic carbocycles. The first-order valence-electron chi connectivity index (χ1n) is 6.35. The number of aliphatic hydroxyl groups excluding tert-OH is 1. The zero-order valence-electron chi connectivity index (χ0n) is 11.7. The lowest BCUT2D eigenvalue weighted by atomic mass is 9.97. The monoisotopic (exact) mass is 235 g/mol.